The lowest BCUT2D eigenvalue weighted by molar-refractivity contribution is 0.623. The molecule has 1 aliphatic carbocycles. The maximum Gasteiger partial charge on any atom is 0.125 e. The highest BCUT2D eigenvalue weighted by molar-refractivity contribution is 9.10. The highest BCUT2D eigenvalue weighted by Crippen LogP contribution is 2.42. The Labute approximate surface area is 99.6 Å². The molecule has 2 aliphatic rings. The summed E-state index contributed by atoms with van der Waals surface area (Å²) in [5.41, 5.74) is 0.849. The van der Waals surface area contributed by atoms with E-state index in [0.717, 1.165) is 20.9 Å². The summed E-state index contributed by atoms with van der Waals surface area (Å²) in [4.78, 5) is 5.36. The van der Waals surface area contributed by atoms with Crippen molar-refractivity contribution in [3.05, 3.63) is 22.4 Å². The van der Waals surface area contributed by atoms with E-state index in [9.17, 15) is 4.39 Å². The van der Waals surface area contributed by atoms with Crippen molar-refractivity contribution in [2.45, 2.75) is 17.7 Å². The lowest BCUT2D eigenvalue weighted by Gasteiger charge is -2.17. The Bertz CT molecular complexity index is 457. The second-order valence-corrected chi connectivity index (χ2v) is 5.41. The zero-order chi connectivity index (χ0) is 10.4. The Hall–Kier alpha value is -0.550. The molecule has 1 aromatic rings. The van der Waals surface area contributed by atoms with Gasteiger partial charge in [0.1, 0.15) is 11.7 Å². The van der Waals surface area contributed by atoms with E-state index in [0.29, 0.717) is 5.92 Å². The maximum absolute atomic E-state index is 13.1. The first-order valence-corrected chi connectivity index (χ1v) is 6.35. The van der Waals surface area contributed by atoms with Crippen molar-refractivity contribution in [1.29, 1.82) is 0 Å². The number of amidine groups is 1. The van der Waals surface area contributed by atoms with Crippen molar-refractivity contribution in [2.75, 3.05) is 0 Å². The van der Waals surface area contributed by atoms with Crippen LogP contribution in [0.15, 0.2) is 26.5 Å². The molecule has 2 nitrogen and oxygen atoms in total. The van der Waals surface area contributed by atoms with E-state index in [2.05, 4.69) is 25.6 Å². The molecule has 0 unspecified atom stereocenters. The monoisotopic (exact) mass is 286 g/mol. The Kier molecular flexibility index (Phi) is 2.25. The third kappa shape index (κ3) is 1.78. The summed E-state index contributed by atoms with van der Waals surface area (Å²) in [6.45, 7) is 0. The summed E-state index contributed by atoms with van der Waals surface area (Å²) >= 11 is 4.78. The summed E-state index contributed by atoms with van der Waals surface area (Å²) in [6.07, 6.45) is 2.42. The third-order valence-electron chi connectivity index (χ3n) is 2.46. The van der Waals surface area contributed by atoms with Gasteiger partial charge in [-0.3, -0.25) is 0 Å². The molecule has 1 saturated carbocycles. The van der Waals surface area contributed by atoms with Gasteiger partial charge in [-0.2, -0.15) is 0 Å². The van der Waals surface area contributed by atoms with Crippen molar-refractivity contribution >= 4 is 39.4 Å². The number of aliphatic imine (C=N–C) groups is 1. The summed E-state index contributed by atoms with van der Waals surface area (Å²) in [5.74, 6) is 1.38. The highest BCUT2D eigenvalue weighted by Gasteiger charge is 2.30. The molecule has 0 radical (unpaired) electrons. The molecule has 78 valence electrons. The second-order valence-electron chi connectivity index (χ2n) is 3.71. The molecule has 0 bridgehead atoms. The topological polar surface area (TPSA) is 24.4 Å². The van der Waals surface area contributed by atoms with Crippen LogP contribution in [0.5, 0.6) is 0 Å². The number of nitrogens with one attached hydrogen (secondary N) is 1. The molecular formula is C10H8BrFN2S. The van der Waals surface area contributed by atoms with E-state index >= 15 is 0 Å². The quantitative estimate of drug-likeness (QED) is 0.797. The van der Waals surface area contributed by atoms with Crippen molar-refractivity contribution < 1.29 is 4.39 Å². The average Bonchev–Trinajstić information content (AvgIpc) is 3.00. The predicted octanol–water partition coefficient (Wildman–Crippen LogP) is 3.64. The Morgan fingerprint density at radius 2 is 2.27 bits per heavy atom. The van der Waals surface area contributed by atoms with Crippen LogP contribution in [0.25, 0.3) is 0 Å². The minimum Gasteiger partial charge on any atom is -0.313 e. The van der Waals surface area contributed by atoms with Gasteiger partial charge in [0.25, 0.3) is 0 Å². The summed E-state index contributed by atoms with van der Waals surface area (Å²) in [5, 5.41) is 0. The number of benzene rings is 1. The minimum atomic E-state index is -0.236. The molecular weight excluding hydrogens is 279 g/mol. The van der Waals surface area contributed by atoms with E-state index in [4.69, 9.17) is 0 Å². The molecule has 3 rings (SSSR count). The van der Waals surface area contributed by atoms with Crippen LogP contribution in [0, 0.1) is 11.7 Å². The second kappa shape index (κ2) is 3.49. The molecule has 0 saturated heterocycles. The molecule has 1 N–H and O–H groups in total. The highest BCUT2D eigenvalue weighted by atomic mass is 79.9. The van der Waals surface area contributed by atoms with E-state index in [1.54, 1.807) is 0 Å². The molecule has 0 atom stereocenters. The smallest absolute Gasteiger partial charge is 0.125 e. The van der Waals surface area contributed by atoms with E-state index in [1.165, 1.54) is 36.9 Å². The first-order valence-electron chi connectivity index (χ1n) is 4.74. The van der Waals surface area contributed by atoms with Gasteiger partial charge in [-0.15, -0.1) is 0 Å². The molecule has 1 aromatic carbocycles. The van der Waals surface area contributed by atoms with Gasteiger partial charge in [-0.25, -0.2) is 9.38 Å². The number of rotatable bonds is 1. The van der Waals surface area contributed by atoms with Gasteiger partial charge in [0.05, 0.1) is 10.6 Å². The van der Waals surface area contributed by atoms with E-state index < -0.39 is 0 Å². The molecule has 0 spiro atoms. The fraction of sp³-hybridized carbons (Fsp3) is 0.300. The van der Waals surface area contributed by atoms with Crippen LogP contribution in [0.2, 0.25) is 0 Å². The number of hydrogen-bond acceptors (Lipinski definition) is 3. The van der Waals surface area contributed by atoms with Crippen LogP contribution < -0.4 is 4.72 Å². The molecule has 1 aliphatic heterocycles. The number of halogens is 2. The number of nitrogens with zero attached hydrogens (tertiary/aromatic N) is 1. The maximum atomic E-state index is 13.1. The van der Waals surface area contributed by atoms with Crippen molar-refractivity contribution in [1.82, 2.24) is 4.72 Å². The standard InChI is InChI=1S/C10H8BrFN2S/c11-7-3-6(12)4-8-9(7)13-10(14-15-8)5-1-2-5/h3-5H,1-2H2,(H,13,14). The lowest BCUT2D eigenvalue weighted by Crippen LogP contribution is -2.20. The molecule has 1 fully saturated rings. The van der Waals surface area contributed by atoms with Gasteiger partial charge in [0.2, 0.25) is 0 Å². The van der Waals surface area contributed by atoms with Crippen LogP contribution in [-0.4, -0.2) is 5.84 Å². The van der Waals surface area contributed by atoms with Gasteiger partial charge >= 0.3 is 0 Å². The van der Waals surface area contributed by atoms with Crippen LogP contribution in [0.1, 0.15) is 12.8 Å². The number of fused-ring (bicyclic) bond motifs is 1. The van der Waals surface area contributed by atoms with Crippen LogP contribution in [-0.2, 0) is 0 Å². The van der Waals surface area contributed by atoms with Crippen molar-refractivity contribution in [2.24, 2.45) is 10.9 Å². The average molecular weight is 287 g/mol. The normalized spacial score (nSPS) is 19.2. The van der Waals surface area contributed by atoms with Crippen LogP contribution in [0.3, 0.4) is 0 Å². The first-order chi connectivity index (χ1) is 7.24. The summed E-state index contributed by atoms with van der Waals surface area (Å²) < 4.78 is 17.0. The zero-order valence-corrected chi connectivity index (χ0v) is 10.2. The fourth-order valence-electron chi connectivity index (χ4n) is 1.51. The largest absolute Gasteiger partial charge is 0.313 e. The van der Waals surface area contributed by atoms with Gasteiger partial charge < -0.3 is 4.72 Å². The first kappa shape index (κ1) is 9.66. The molecule has 15 heavy (non-hydrogen) atoms. The van der Waals surface area contributed by atoms with E-state index in [-0.39, 0.29) is 5.82 Å². The molecule has 5 heteroatoms. The van der Waals surface area contributed by atoms with Crippen molar-refractivity contribution in [3.8, 4) is 0 Å². The van der Waals surface area contributed by atoms with Gasteiger partial charge in [-0.05, 0) is 52.9 Å². The third-order valence-corrected chi connectivity index (χ3v) is 3.90. The lowest BCUT2D eigenvalue weighted by atomic mass is 10.3. The Morgan fingerprint density at radius 3 is 3.00 bits per heavy atom. The Balaban J connectivity index is 2.08. The van der Waals surface area contributed by atoms with Crippen LogP contribution in [0.4, 0.5) is 10.1 Å². The van der Waals surface area contributed by atoms with E-state index in [1.807, 2.05) is 0 Å². The minimum absolute atomic E-state index is 0.236. The SMILES string of the molecule is Fc1cc(Br)c2c(c1)SNC(C1CC1)=N2. The van der Waals surface area contributed by atoms with Gasteiger partial charge in [0.15, 0.2) is 0 Å². The van der Waals surface area contributed by atoms with Crippen molar-refractivity contribution in [3.63, 3.8) is 0 Å². The number of hydrogen-bond donors (Lipinski definition) is 1. The molecule has 0 amide bonds. The molecule has 0 aromatic heterocycles. The van der Waals surface area contributed by atoms with Gasteiger partial charge in [-0.1, -0.05) is 0 Å². The van der Waals surface area contributed by atoms with Gasteiger partial charge in [0, 0.05) is 10.4 Å². The fourth-order valence-corrected chi connectivity index (χ4v) is 3.01. The van der Waals surface area contributed by atoms with Crippen LogP contribution >= 0.6 is 27.9 Å². The molecule has 1 heterocycles. The Morgan fingerprint density at radius 1 is 1.47 bits per heavy atom. The summed E-state index contributed by atoms with van der Waals surface area (Å²) in [7, 11) is 0. The zero-order valence-electron chi connectivity index (χ0n) is 7.76. The summed E-state index contributed by atoms with van der Waals surface area (Å²) in [6, 6.07) is 2.96. The predicted molar refractivity (Wildman–Crippen MR) is 62.9 cm³/mol.